The molecule has 1 aliphatic rings. The average Bonchev–Trinajstić information content (AvgIpc) is 2.54. The summed E-state index contributed by atoms with van der Waals surface area (Å²) in [5.41, 5.74) is 1.93. The standard InChI is InChI=1S/C18H20N2O3/c1-3-11(2)20-17(14-9-8-12(21)10-16(14)22)19-15-7-5-4-6-13(15)18(20)23/h4-11,17,19,21-22H,3H2,1-2H3/t11-,17-/m1/s1. The van der Waals surface area contributed by atoms with Crippen molar-refractivity contribution in [2.45, 2.75) is 32.5 Å². The second-order valence-corrected chi connectivity index (χ2v) is 5.81. The first kappa shape index (κ1) is 15.2. The number of aromatic hydroxyl groups is 2. The number of phenolic OH excluding ortho intramolecular Hbond substituents is 2. The predicted molar refractivity (Wildman–Crippen MR) is 88.5 cm³/mol. The molecule has 0 aromatic heterocycles. The molecule has 3 rings (SSSR count). The molecule has 0 aliphatic carbocycles. The number of rotatable bonds is 3. The first-order valence-corrected chi connectivity index (χ1v) is 7.73. The van der Waals surface area contributed by atoms with Gasteiger partial charge in [-0.1, -0.05) is 19.1 Å². The van der Waals surface area contributed by atoms with E-state index in [1.165, 1.54) is 12.1 Å². The van der Waals surface area contributed by atoms with Crippen molar-refractivity contribution in [1.29, 1.82) is 0 Å². The Balaban J connectivity index is 2.11. The zero-order valence-electron chi connectivity index (χ0n) is 13.2. The van der Waals surface area contributed by atoms with Gasteiger partial charge in [0.05, 0.1) is 5.56 Å². The van der Waals surface area contributed by atoms with Crippen LogP contribution in [0.2, 0.25) is 0 Å². The second kappa shape index (κ2) is 5.83. The lowest BCUT2D eigenvalue weighted by molar-refractivity contribution is 0.0591. The number of nitrogens with zero attached hydrogens (tertiary/aromatic N) is 1. The number of phenols is 2. The van der Waals surface area contributed by atoms with Crippen LogP contribution < -0.4 is 5.32 Å². The molecule has 23 heavy (non-hydrogen) atoms. The van der Waals surface area contributed by atoms with Gasteiger partial charge in [-0.2, -0.15) is 0 Å². The van der Waals surface area contributed by atoms with Crippen molar-refractivity contribution in [3.8, 4) is 11.5 Å². The molecule has 0 bridgehead atoms. The minimum atomic E-state index is -0.479. The third kappa shape index (κ3) is 2.59. The zero-order chi connectivity index (χ0) is 16.6. The Morgan fingerprint density at radius 1 is 1.22 bits per heavy atom. The molecule has 1 heterocycles. The van der Waals surface area contributed by atoms with E-state index in [0.29, 0.717) is 11.1 Å². The SMILES string of the molecule is CC[C@@H](C)N1C(=O)c2ccccc2N[C@H]1c1ccc(O)cc1O. The normalized spacial score (nSPS) is 18.3. The fourth-order valence-electron chi connectivity index (χ4n) is 2.91. The van der Waals surface area contributed by atoms with E-state index in [4.69, 9.17) is 0 Å². The van der Waals surface area contributed by atoms with Crippen LogP contribution in [0, 0.1) is 0 Å². The predicted octanol–water partition coefficient (Wildman–Crippen LogP) is 3.46. The van der Waals surface area contributed by atoms with E-state index in [1.54, 1.807) is 17.0 Å². The Bertz CT molecular complexity index is 745. The van der Waals surface area contributed by atoms with Gasteiger partial charge in [-0.3, -0.25) is 4.79 Å². The molecular weight excluding hydrogens is 292 g/mol. The van der Waals surface area contributed by atoms with Gasteiger partial charge in [0.25, 0.3) is 5.91 Å². The molecule has 0 spiro atoms. The maximum absolute atomic E-state index is 12.9. The molecule has 5 nitrogen and oxygen atoms in total. The molecule has 0 saturated heterocycles. The van der Waals surface area contributed by atoms with Crippen molar-refractivity contribution in [3.63, 3.8) is 0 Å². The second-order valence-electron chi connectivity index (χ2n) is 5.81. The average molecular weight is 312 g/mol. The third-order valence-corrected chi connectivity index (χ3v) is 4.34. The number of carbonyl (C=O) groups is 1. The molecular formula is C18H20N2O3. The number of para-hydroxylation sites is 1. The van der Waals surface area contributed by atoms with Crippen LogP contribution in [0.5, 0.6) is 11.5 Å². The Kier molecular flexibility index (Phi) is 3.86. The largest absolute Gasteiger partial charge is 0.508 e. The molecule has 2 aromatic rings. The molecule has 0 unspecified atom stereocenters. The van der Waals surface area contributed by atoms with Crippen LogP contribution in [0.1, 0.15) is 42.4 Å². The minimum Gasteiger partial charge on any atom is -0.508 e. The number of carbonyl (C=O) groups excluding carboxylic acids is 1. The summed E-state index contributed by atoms with van der Waals surface area (Å²) in [6, 6.07) is 11.8. The Morgan fingerprint density at radius 3 is 2.65 bits per heavy atom. The van der Waals surface area contributed by atoms with Gasteiger partial charge in [0.1, 0.15) is 17.7 Å². The highest BCUT2D eigenvalue weighted by Gasteiger charge is 2.36. The lowest BCUT2D eigenvalue weighted by Gasteiger charge is -2.41. The number of fused-ring (bicyclic) bond motifs is 1. The van der Waals surface area contributed by atoms with E-state index in [1.807, 2.05) is 32.0 Å². The summed E-state index contributed by atoms with van der Waals surface area (Å²) in [7, 11) is 0. The van der Waals surface area contributed by atoms with Gasteiger partial charge in [0, 0.05) is 23.4 Å². The number of amides is 1. The lowest BCUT2D eigenvalue weighted by atomic mass is 10.00. The molecule has 120 valence electrons. The molecule has 2 atom stereocenters. The van der Waals surface area contributed by atoms with Crippen molar-refractivity contribution < 1.29 is 15.0 Å². The number of hydrogen-bond acceptors (Lipinski definition) is 4. The van der Waals surface area contributed by atoms with Crippen molar-refractivity contribution in [2.75, 3.05) is 5.32 Å². The zero-order valence-corrected chi connectivity index (χ0v) is 13.2. The first-order chi connectivity index (χ1) is 11.0. The van der Waals surface area contributed by atoms with Crippen LogP contribution in [0.25, 0.3) is 0 Å². The monoisotopic (exact) mass is 312 g/mol. The summed E-state index contributed by atoms with van der Waals surface area (Å²) >= 11 is 0. The molecule has 5 heteroatoms. The summed E-state index contributed by atoms with van der Waals surface area (Å²) in [6.07, 6.45) is 0.318. The highest BCUT2D eigenvalue weighted by atomic mass is 16.3. The summed E-state index contributed by atoms with van der Waals surface area (Å²) in [5, 5.41) is 23.1. The maximum Gasteiger partial charge on any atom is 0.258 e. The molecule has 0 fully saturated rings. The molecule has 0 saturated carbocycles. The van der Waals surface area contributed by atoms with Crippen molar-refractivity contribution >= 4 is 11.6 Å². The topological polar surface area (TPSA) is 72.8 Å². The number of nitrogens with one attached hydrogen (secondary N) is 1. The van der Waals surface area contributed by atoms with Crippen molar-refractivity contribution in [1.82, 2.24) is 4.90 Å². The number of anilines is 1. The van der Waals surface area contributed by atoms with E-state index < -0.39 is 6.17 Å². The number of benzene rings is 2. The summed E-state index contributed by atoms with van der Waals surface area (Å²) in [4.78, 5) is 14.7. The van der Waals surface area contributed by atoms with Crippen molar-refractivity contribution in [2.24, 2.45) is 0 Å². The van der Waals surface area contributed by atoms with E-state index in [2.05, 4.69) is 5.32 Å². The van der Waals surface area contributed by atoms with Crippen LogP contribution in [-0.4, -0.2) is 27.1 Å². The van der Waals surface area contributed by atoms with Crippen LogP contribution in [-0.2, 0) is 0 Å². The number of hydrogen-bond donors (Lipinski definition) is 3. The first-order valence-electron chi connectivity index (χ1n) is 7.73. The minimum absolute atomic E-state index is 0.00144. The third-order valence-electron chi connectivity index (χ3n) is 4.34. The lowest BCUT2D eigenvalue weighted by Crippen LogP contribution is -2.47. The van der Waals surface area contributed by atoms with Gasteiger partial charge in [-0.25, -0.2) is 0 Å². The van der Waals surface area contributed by atoms with Gasteiger partial charge in [0.2, 0.25) is 0 Å². The fraction of sp³-hybridized carbons (Fsp3) is 0.278. The van der Waals surface area contributed by atoms with Gasteiger partial charge in [0.15, 0.2) is 0 Å². The van der Waals surface area contributed by atoms with Crippen molar-refractivity contribution in [3.05, 3.63) is 53.6 Å². The Labute approximate surface area is 135 Å². The fourth-order valence-corrected chi connectivity index (χ4v) is 2.91. The van der Waals surface area contributed by atoms with E-state index >= 15 is 0 Å². The Morgan fingerprint density at radius 2 is 1.96 bits per heavy atom. The van der Waals surface area contributed by atoms with Gasteiger partial charge < -0.3 is 20.4 Å². The molecule has 3 N–H and O–H groups in total. The van der Waals surface area contributed by atoms with E-state index in [9.17, 15) is 15.0 Å². The van der Waals surface area contributed by atoms with E-state index in [-0.39, 0.29) is 23.4 Å². The summed E-state index contributed by atoms with van der Waals surface area (Å²) in [6.45, 7) is 4.00. The summed E-state index contributed by atoms with van der Waals surface area (Å²) in [5.74, 6) is -0.113. The smallest absolute Gasteiger partial charge is 0.258 e. The highest BCUT2D eigenvalue weighted by Crippen LogP contribution is 2.38. The van der Waals surface area contributed by atoms with Gasteiger partial charge in [-0.15, -0.1) is 0 Å². The molecule has 2 aromatic carbocycles. The quantitative estimate of drug-likeness (QED) is 0.811. The van der Waals surface area contributed by atoms with Crippen LogP contribution in [0.4, 0.5) is 5.69 Å². The molecule has 0 radical (unpaired) electrons. The Hall–Kier alpha value is -2.69. The summed E-state index contributed by atoms with van der Waals surface area (Å²) < 4.78 is 0. The highest BCUT2D eigenvalue weighted by molar-refractivity contribution is 6.02. The van der Waals surface area contributed by atoms with Crippen LogP contribution >= 0.6 is 0 Å². The van der Waals surface area contributed by atoms with Crippen LogP contribution in [0.15, 0.2) is 42.5 Å². The molecule has 1 amide bonds. The van der Waals surface area contributed by atoms with Crippen LogP contribution in [0.3, 0.4) is 0 Å². The van der Waals surface area contributed by atoms with E-state index in [0.717, 1.165) is 12.1 Å². The van der Waals surface area contributed by atoms with Gasteiger partial charge >= 0.3 is 0 Å². The van der Waals surface area contributed by atoms with Gasteiger partial charge in [-0.05, 0) is 37.6 Å². The maximum atomic E-state index is 12.9. The molecule has 1 aliphatic heterocycles.